The van der Waals surface area contributed by atoms with Crippen LogP contribution in [-0.4, -0.2) is 66.0 Å². The summed E-state index contributed by atoms with van der Waals surface area (Å²) in [4.78, 5) is 31.6. The van der Waals surface area contributed by atoms with Crippen molar-refractivity contribution in [1.29, 1.82) is 0 Å². The number of likely N-dealkylation sites (tertiary alicyclic amines) is 1. The molecule has 3 N–H and O–H groups in total. The molecule has 2 aromatic rings. The van der Waals surface area contributed by atoms with Gasteiger partial charge in [0.15, 0.2) is 0 Å². The van der Waals surface area contributed by atoms with Crippen LogP contribution >= 0.6 is 11.3 Å². The number of rotatable bonds is 9. The molecule has 0 bridgehead atoms. The summed E-state index contributed by atoms with van der Waals surface area (Å²) in [5.41, 5.74) is 7.06. The van der Waals surface area contributed by atoms with Crippen molar-refractivity contribution in [2.24, 2.45) is 5.73 Å². The third-order valence-corrected chi connectivity index (χ3v) is 8.20. The van der Waals surface area contributed by atoms with Gasteiger partial charge in [-0.2, -0.15) is 0 Å². The first-order valence-corrected chi connectivity index (χ1v) is 13.7. The fraction of sp³-hybridized carbons (Fsp3) is 0.556. The zero-order valence-corrected chi connectivity index (χ0v) is 21.7. The van der Waals surface area contributed by atoms with Gasteiger partial charge in [-0.05, 0) is 67.7 Å². The molecule has 2 fully saturated rings. The van der Waals surface area contributed by atoms with Gasteiger partial charge in [-0.25, -0.2) is 4.39 Å². The zero-order chi connectivity index (χ0) is 25.5. The second-order valence-electron chi connectivity index (χ2n) is 9.95. The molecule has 2 amide bonds. The highest BCUT2D eigenvalue weighted by atomic mass is 32.1. The molecule has 1 saturated heterocycles. The summed E-state index contributed by atoms with van der Waals surface area (Å²) in [6.07, 6.45) is 4.83. The first kappa shape index (κ1) is 26.7. The third kappa shape index (κ3) is 7.12. The Morgan fingerprint density at radius 1 is 1.14 bits per heavy atom. The van der Waals surface area contributed by atoms with E-state index < -0.39 is 6.04 Å². The van der Waals surface area contributed by atoms with Crippen molar-refractivity contribution in [2.75, 3.05) is 20.3 Å². The van der Waals surface area contributed by atoms with E-state index in [9.17, 15) is 14.0 Å². The maximum Gasteiger partial charge on any atom is 0.249 e. The van der Waals surface area contributed by atoms with Crippen molar-refractivity contribution in [3.05, 3.63) is 58.0 Å². The van der Waals surface area contributed by atoms with E-state index in [1.54, 1.807) is 16.2 Å². The van der Waals surface area contributed by atoms with Crippen LogP contribution in [0.25, 0.3) is 0 Å². The largest absolute Gasteiger partial charge is 0.375 e. The number of nitrogens with two attached hydrogens (primary N) is 1. The Morgan fingerprint density at radius 3 is 2.56 bits per heavy atom. The number of hydrogen-bond donors (Lipinski definition) is 2. The average molecular weight is 517 g/mol. The molecule has 1 aliphatic heterocycles. The van der Waals surface area contributed by atoms with Crippen LogP contribution in [0.4, 0.5) is 4.39 Å². The molecule has 1 aliphatic carbocycles. The van der Waals surface area contributed by atoms with E-state index in [0.717, 1.165) is 44.2 Å². The lowest BCUT2D eigenvalue weighted by molar-refractivity contribution is -0.147. The minimum atomic E-state index is -0.555. The monoisotopic (exact) mass is 516 g/mol. The van der Waals surface area contributed by atoms with Crippen molar-refractivity contribution in [2.45, 2.75) is 75.8 Å². The fourth-order valence-electron chi connectivity index (χ4n) is 5.33. The van der Waals surface area contributed by atoms with Crippen LogP contribution in [0.15, 0.2) is 41.8 Å². The number of ether oxygens (including phenoxy) is 1. The van der Waals surface area contributed by atoms with Gasteiger partial charge in [-0.15, -0.1) is 11.3 Å². The topological polar surface area (TPSA) is 87.9 Å². The minimum Gasteiger partial charge on any atom is -0.375 e. The molecule has 1 aromatic carbocycles. The van der Waals surface area contributed by atoms with Gasteiger partial charge in [-0.3, -0.25) is 14.5 Å². The van der Waals surface area contributed by atoms with E-state index in [1.165, 1.54) is 24.1 Å². The van der Waals surface area contributed by atoms with E-state index in [4.69, 9.17) is 10.5 Å². The van der Waals surface area contributed by atoms with Gasteiger partial charge in [0.1, 0.15) is 18.5 Å². The SMILES string of the molecule is COCC(=O)N1CCC(N(Cc2ccc(F)cc2)Cc2cccs2)C[C@@H]1C(=O)NC1CCC(N)CC1. The van der Waals surface area contributed by atoms with Crippen molar-refractivity contribution < 1.29 is 18.7 Å². The molecule has 7 nitrogen and oxygen atoms in total. The summed E-state index contributed by atoms with van der Waals surface area (Å²) >= 11 is 1.70. The number of benzene rings is 1. The van der Waals surface area contributed by atoms with Crippen LogP contribution in [0.5, 0.6) is 0 Å². The Labute approximate surface area is 216 Å². The first-order valence-electron chi connectivity index (χ1n) is 12.8. The third-order valence-electron chi connectivity index (χ3n) is 7.34. The molecule has 2 atom stereocenters. The lowest BCUT2D eigenvalue weighted by Gasteiger charge is -2.43. The van der Waals surface area contributed by atoms with Gasteiger partial charge in [0, 0.05) is 49.7 Å². The molecule has 2 aliphatic rings. The van der Waals surface area contributed by atoms with Gasteiger partial charge in [0.2, 0.25) is 11.8 Å². The van der Waals surface area contributed by atoms with Crippen molar-refractivity contribution in [3.8, 4) is 0 Å². The average Bonchev–Trinajstić information content (AvgIpc) is 3.39. The highest BCUT2D eigenvalue weighted by molar-refractivity contribution is 7.09. The standard InChI is InChI=1S/C27H37FN4O3S/c1-35-18-26(33)32-13-12-23(15-25(32)27(34)30-22-10-8-21(29)9-11-22)31(17-24-3-2-14-36-24)16-19-4-6-20(28)7-5-19/h2-7,14,21-23,25H,8-13,15-18,29H2,1H3,(H,30,34)/t21?,22?,23?,25-/m1/s1. The number of methoxy groups -OCH3 is 1. The van der Waals surface area contributed by atoms with Gasteiger partial charge >= 0.3 is 0 Å². The number of amides is 2. The Hall–Kier alpha value is -2.33. The van der Waals surface area contributed by atoms with Gasteiger partial charge in [0.25, 0.3) is 0 Å². The van der Waals surface area contributed by atoms with Crippen LogP contribution < -0.4 is 11.1 Å². The summed E-state index contributed by atoms with van der Waals surface area (Å²) in [5.74, 6) is -0.512. The number of thiophene rings is 1. The molecule has 0 spiro atoms. The van der Waals surface area contributed by atoms with Crippen molar-refractivity contribution in [3.63, 3.8) is 0 Å². The summed E-state index contributed by atoms with van der Waals surface area (Å²) in [5, 5.41) is 5.27. The number of carbonyl (C=O) groups is 2. The van der Waals surface area contributed by atoms with Gasteiger partial charge in [-0.1, -0.05) is 18.2 Å². The van der Waals surface area contributed by atoms with Gasteiger partial charge < -0.3 is 20.7 Å². The molecule has 0 radical (unpaired) electrons. The Bertz CT molecular complexity index is 979. The molecule has 1 aromatic heterocycles. The number of piperidine rings is 1. The predicted octanol–water partition coefficient (Wildman–Crippen LogP) is 3.28. The molecular weight excluding hydrogens is 479 g/mol. The van der Waals surface area contributed by atoms with E-state index in [2.05, 4.69) is 21.7 Å². The zero-order valence-electron chi connectivity index (χ0n) is 20.9. The molecule has 2 heterocycles. The number of nitrogens with zero attached hydrogens (tertiary/aromatic N) is 2. The van der Waals surface area contributed by atoms with Crippen LogP contribution in [0, 0.1) is 5.82 Å². The molecule has 9 heteroatoms. The van der Waals surface area contributed by atoms with Gasteiger partial charge in [0.05, 0.1) is 0 Å². The molecule has 1 saturated carbocycles. The maximum absolute atomic E-state index is 13.5. The highest BCUT2D eigenvalue weighted by Crippen LogP contribution is 2.27. The predicted molar refractivity (Wildman–Crippen MR) is 139 cm³/mol. The van der Waals surface area contributed by atoms with Crippen LogP contribution in [0.2, 0.25) is 0 Å². The molecule has 4 rings (SSSR count). The van der Waals surface area contributed by atoms with E-state index in [0.29, 0.717) is 19.5 Å². The summed E-state index contributed by atoms with van der Waals surface area (Å²) in [6.45, 7) is 1.83. The van der Waals surface area contributed by atoms with E-state index in [1.807, 2.05) is 18.2 Å². The smallest absolute Gasteiger partial charge is 0.249 e. The quantitative estimate of drug-likeness (QED) is 0.534. The Balaban J connectivity index is 1.51. The molecule has 36 heavy (non-hydrogen) atoms. The van der Waals surface area contributed by atoms with Crippen LogP contribution in [0.3, 0.4) is 0 Å². The lowest BCUT2D eigenvalue weighted by Crippen LogP contribution is -2.59. The number of nitrogens with one attached hydrogen (secondary N) is 1. The van der Waals surface area contributed by atoms with E-state index >= 15 is 0 Å². The number of carbonyl (C=O) groups excluding carboxylic acids is 2. The van der Waals surface area contributed by atoms with Crippen LogP contribution in [0.1, 0.15) is 49.0 Å². The first-order chi connectivity index (χ1) is 17.4. The number of hydrogen-bond acceptors (Lipinski definition) is 6. The Morgan fingerprint density at radius 2 is 1.89 bits per heavy atom. The second-order valence-corrected chi connectivity index (χ2v) is 11.0. The molecular formula is C27H37FN4O3S. The summed E-state index contributed by atoms with van der Waals surface area (Å²) in [6, 6.07) is 10.6. The normalized spacial score (nSPS) is 24.6. The number of halogens is 1. The highest BCUT2D eigenvalue weighted by Gasteiger charge is 2.39. The molecule has 1 unspecified atom stereocenters. The van der Waals surface area contributed by atoms with Crippen molar-refractivity contribution in [1.82, 2.24) is 15.1 Å². The lowest BCUT2D eigenvalue weighted by atomic mass is 9.90. The maximum atomic E-state index is 13.5. The van der Waals surface area contributed by atoms with Crippen LogP contribution in [-0.2, 0) is 27.4 Å². The fourth-order valence-corrected chi connectivity index (χ4v) is 6.06. The summed E-state index contributed by atoms with van der Waals surface area (Å²) < 4.78 is 18.6. The molecule has 196 valence electrons. The van der Waals surface area contributed by atoms with Crippen molar-refractivity contribution >= 4 is 23.2 Å². The minimum absolute atomic E-state index is 0.0405. The second kappa shape index (κ2) is 12.8. The Kier molecular flexibility index (Phi) is 9.47. The summed E-state index contributed by atoms with van der Waals surface area (Å²) in [7, 11) is 1.50. The van der Waals surface area contributed by atoms with E-state index in [-0.39, 0.29) is 42.4 Å².